The Kier molecular flexibility index (Phi) is 5.33. The van der Waals surface area contributed by atoms with Crippen LogP contribution in [0.1, 0.15) is 24.2 Å². The van der Waals surface area contributed by atoms with Gasteiger partial charge in [0, 0.05) is 45.0 Å². The third kappa shape index (κ3) is 3.86. The molecule has 0 radical (unpaired) electrons. The molecule has 1 atom stereocenters. The summed E-state index contributed by atoms with van der Waals surface area (Å²) in [6.45, 7) is 7.23. The number of piperazine rings is 1. The van der Waals surface area contributed by atoms with Gasteiger partial charge in [-0.15, -0.1) is 0 Å². The number of rotatable bonds is 5. The molecule has 1 saturated heterocycles. The van der Waals surface area contributed by atoms with Crippen molar-refractivity contribution in [1.29, 1.82) is 0 Å². The molecule has 24 heavy (non-hydrogen) atoms. The van der Waals surface area contributed by atoms with E-state index in [2.05, 4.69) is 27.8 Å². The van der Waals surface area contributed by atoms with Crippen LogP contribution in [0.25, 0.3) is 0 Å². The van der Waals surface area contributed by atoms with Crippen molar-refractivity contribution < 1.29 is 9.84 Å². The summed E-state index contributed by atoms with van der Waals surface area (Å²) in [4.78, 5) is 9.40. The van der Waals surface area contributed by atoms with Gasteiger partial charge in [0.1, 0.15) is 0 Å². The molecule has 5 heteroatoms. The van der Waals surface area contributed by atoms with Crippen molar-refractivity contribution in [3.05, 3.63) is 53.9 Å². The maximum Gasteiger partial charge on any atom is 0.160 e. The van der Waals surface area contributed by atoms with Gasteiger partial charge in [0.15, 0.2) is 11.5 Å². The van der Waals surface area contributed by atoms with Crippen molar-refractivity contribution in [2.45, 2.75) is 19.5 Å². The Bertz CT molecular complexity index is 655. The van der Waals surface area contributed by atoms with Crippen molar-refractivity contribution in [2.24, 2.45) is 0 Å². The summed E-state index contributed by atoms with van der Waals surface area (Å²) in [5, 5.41) is 9.69. The van der Waals surface area contributed by atoms with Gasteiger partial charge in [-0.05, 0) is 36.8 Å². The van der Waals surface area contributed by atoms with Crippen LogP contribution in [-0.4, -0.2) is 53.2 Å². The molecule has 3 rings (SSSR count). The number of ether oxygens (including phenoxy) is 1. The molecule has 1 aromatic heterocycles. The van der Waals surface area contributed by atoms with Crippen LogP contribution in [0.15, 0.2) is 42.6 Å². The fourth-order valence-corrected chi connectivity index (χ4v) is 3.20. The maximum absolute atomic E-state index is 9.69. The fraction of sp³-hybridized carbons (Fsp3) is 0.421. The van der Waals surface area contributed by atoms with Gasteiger partial charge < -0.3 is 9.84 Å². The zero-order chi connectivity index (χ0) is 16.9. The van der Waals surface area contributed by atoms with Crippen LogP contribution >= 0.6 is 0 Å². The highest BCUT2D eigenvalue weighted by atomic mass is 16.5. The van der Waals surface area contributed by atoms with Crippen LogP contribution in [0.5, 0.6) is 11.5 Å². The number of methoxy groups -OCH3 is 1. The van der Waals surface area contributed by atoms with Gasteiger partial charge in [-0.1, -0.05) is 12.1 Å². The van der Waals surface area contributed by atoms with E-state index in [1.165, 1.54) is 0 Å². The number of aromatic nitrogens is 1. The van der Waals surface area contributed by atoms with E-state index in [1.54, 1.807) is 13.2 Å². The minimum Gasteiger partial charge on any atom is -0.504 e. The molecule has 0 spiro atoms. The number of hydrogen-bond donors (Lipinski definition) is 1. The summed E-state index contributed by atoms with van der Waals surface area (Å²) >= 11 is 0. The van der Waals surface area contributed by atoms with E-state index in [4.69, 9.17) is 4.74 Å². The number of nitrogens with zero attached hydrogens (tertiary/aromatic N) is 3. The van der Waals surface area contributed by atoms with Gasteiger partial charge >= 0.3 is 0 Å². The van der Waals surface area contributed by atoms with Crippen LogP contribution in [-0.2, 0) is 6.54 Å². The molecule has 2 aromatic rings. The standard InChI is InChI=1S/C19H25N3O2/c1-15(17-5-3-4-8-20-17)22-11-9-21(10-12-22)14-16-6-7-18(23)19(13-16)24-2/h3-8,13,15,23H,9-12,14H2,1-2H3/t15-/m0/s1. The SMILES string of the molecule is COc1cc(CN2CCN([C@@H](C)c3ccccn3)CC2)ccc1O. The lowest BCUT2D eigenvalue weighted by molar-refractivity contribution is 0.0963. The van der Waals surface area contributed by atoms with Gasteiger partial charge in [0.05, 0.1) is 12.8 Å². The van der Waals surface area contributed by atoms with Crippen LogP contribution in [0.2, 0.25) is 0 Å². The lowest BCUT2D eigenvalue weighted by Crippen LogP contribution is -2.46. The zero-order valence-corrected chi connectivity index (χ0v) is 14.4. The van der Waals surface area contributed by atoms with Crippen molar-refractivity contribution in [3.8, 4) is 11.5 Å². The molecule has 0 unspecified atom stereocenters. The van der Waals surface area contributed by atoms with Gasteiger partial charge in [0.2, 0.25) is 0 Å². The molecule has 1 aliphatic rings. The number of aromatic hydroxyl groups is 1. The van der Waals surface area contributed by atoms with Gasteiger partial charge in [-0.3, -0.25) is 14.8 Å². The van der Waals surface area contributed by atoms with Crippen molar-refractivity contribution >= 4 is 0 Å². The van der Waals surface area contributed by atoms with Crippen molar-refractivity contribution in [3.63, 3.8) is 0 Å². The van der Waals surface area contributed by atoms with Crippen LogP contribution < -0.4 is 4.74 Å². The fourth-order valence-electron chi connectivity index (χ4n) is 3.20. The molecule has 1 aliphatic heterocycles. The number of phenolic OH excluding ortho intramolecular Hbond substituents is 1. The Morgan fingerprint density at radius 3 is 2.62 bits per heavy atom. The predicted octanol–water partition coefficient (Wildman–Crippen LogP) is 2.67. The van der Waals surface area contributed by atoms with E-state index in [0.717, 1.165) is 44.0 Å². The van der Waals surface area contributed by atoms with E-state index in [1.807, 2.05) is 30.5 Å². The average Bonchev–Trinajstić information content (AvgIpc) is 2.64. The second kappa shape index (κ2) is 7.64. The smallest absolute Gasteiger partial charge is 0.160 e. The molecule has 1 aromatic carbocycles. The predicted molar refractivity (Wildman–Crippen MR) is 94.2 cm³/mol. The first-order valence-electron chi connectivity index (χ1n) is 8.40. The summed E-state index contributed by atoms with van der Waals surface area (Å²) < 4.78 is 5.19. The zero-order valence-electron chi connectivity index (χ0n) is 14.4. The normalized spacial score (nSPS) is 17.6. The number of hydrogen-bond acceptors (Lipinski definition) is 5. The first-order valence-corrected chi connectivity index (χ1v) is 8.40. The van der Waals surface area contributed by atoms with Gasteiger partial charge in [0.25, 0.3) is 0 Å². The summed E-state index contributed by atoms with van der Waals surface area (Å²) in [6.07, 6.45) is 1.86. The molecule has 0 saturated carbocycles. The lowest BCUT2D eigenvalue weighted by atomic mass is 10.1. The highest BCUT2D eigenvalue weighted by Crippen LogP contribution is 2.27. The Labute approximate surface area is 143 Å². The molecule has 1 fully saturated rings. The lowest BCUT2D eigenvalue weighted by Gasteiger charge is -2.37. The molecule has 5 nitrogen and oxygen atoms in total. The Hall–Kier alpha value is -2.11. The summed E-state index contributed by atoms with van der Waals surface area (Å²) in [6, 6.07) is 12.0. The quantitative estimate of drug-likeness (QED) is 0.915. The highest BCUT2D eigenvalue weighted by molar-refractivity contribution is 5.41. The molecule has 128 valence electrons. The van der Waals surface area contributed by atoms with Crippen molar-refractivity contribution in [2.75, 3.05) is 33.3 Å². The Morgan fingerprint density at radius 1 is 1.17 bits per heavy atom. The third-order valence-electron chi connectivity index (χ3n) is 4.72. The number of benzene rings is 1. The largest absolute Gasteiger partial charge is 0.504 e. The molecule has 0 amide bonds. The molecule has 2 heterocycles. The topological polar surface area (TPSA) is 48.8 Å². The van der Waals surface area contributed by atoms with Gasteiger partial charge in [-0.25, -0.2) is 0 Å². The monoisotopic (exact) mass is 327 g/mol. The van der Waals surface area contributed by atoms with Crippen LogP contribution in [0.3, 0.4) is 0 Å². The third-order valence-corrected chi connectivity index (χ3v) is 4.72. The second-order valence-corrected chi connectivity index (χ2v) is 6.25. The van der Waals surface area contributed by atoms with E-state index in [0.29, 0.717) is 11.8 Å². The summed E-state index contributed by atoms with van der Waals surface area (Å²) in [5.41, 5.74) is 2.30. The van der Waals surface area contributed by atoms with Crippen LogP contribution in [0, 0.1) is 0 Å². The van der Waals surface area contributed by atoms with Crippen LogP contribution in [0.4, 0.5) is 0 Å². The van der Waals surface area contributed by atoms with E-state index >= 15 is 0 Å². The second-order valence-electron chi connectivity index (χ2n) is 6.25. The summed E-state index contributed by atoms with van der Waals surface area (Å²) in [7, 11) is 1.58. The molecule has 0 aliphatic carbocycles. The molecule has 0 bridgehead atoms. The molecule has 1 N–H and O–H groups in total. The van der Waals surface area contributed by atoms with Gasteiger partial charge in [-0.2, -0.15) is 0 Å². The molecular weight excluding hydrogens is 302 g/mol. The first kappa shape index (κ1) is 16.7. The van der Waals surface area contributed by atoms with Crippen molar-refractivity contribution in [1.82, 2.24) is 14.8 Å². The highest BCUT2D eigenvalue weighted by Gasteiger charge is 2.22. The first-order chi connectivity index (χ1) is 11.7. The van der Waals surface area contributed by atoms with E-state index in [-0.39, 0.29) is 5.75 Å². The Balaban J connectivity index is 1.55. The summed E-state index contributed by atoms with van der Waals surface area (Å²) in [5.74, 6) is 0.727. The minimum atomic E-state index is 0.190. The Morgan fingerprint density at radius 2 is 1.96 bits per heavy atom. The number of phenols is 1. The average molecular weight is 327 g/mol. The van der Waals surface area contributed by atoms with E-state index in [9.17, 15) is 5.11 Å². The minimum absolute atomic E-state index is 0.190. The maximum atomic E-state index is 9.69. The van der Waals surface area contributed by atoms with E-state index < -0.39 is 0 Å². The number of pyridine rings is 1. The molecular formula is C19H25N3O2.